The molecule has 2 fully saturated rings. The first-order chi connectivity index (χ1) is 16.0. The van der Waals surface area contributed by atoms with Crippen molar-refractivity contribution in [3.8, 4) is 5.75 Å². The predicted molar refractivity (Wildman–Crippen MR) is 123 cm³/mol. The highest BCUT2D eigenvalue weighted by atomic mass is 16.7. The molecule has 5 rings (SSSR count). The van der Waals surface area contributed by atoms with Gasteiger partial charge in [-0.25, -0.2) is 14.6 Å². The maximum absolute atomic E-state index is 13.3. The van der Waals surface area contributed by atoms with Crippen molar-refractivity contribution in [3.05, 3.63) is 53.2 Å². The highest BCUT2D eigenvalue weighted by molar-refractivity contribution is 5.78. The number of carbonyl (C=O) groups is 1. The van der Waals surface area contributed by atoms with Gasteiger partial charge in [0.15, 0.2) is 11.4 Å². The van der Waals surface area contributed by atoms with Crippen molar-refractivity contribution < 1.29 is 14.4 Å². The van der Waals surface area contributed by atoms with Crippen LogP contribution < -0.4 is 4.74 Å². The van der Waals surface area contributed by atoms with E-state index in [0.717, 1.165) is 66.9 Å². The quantitative estimate of drug-likeness (QED) is 0.586. The number of hydrogen-bond acceptors (Lipinski definition) is 6. The van der Waals surface area contributed by atoms with Crippen molar-refractivity contribution in [1.29, 1.82) is 0 Å². The second-order valence-electron chi connectivity index (χ2n) is 9.36. The van der Waals surface area contributed by atoms with Crippen LogP contribution >= 0.6 is 0 Å². The first-order valence-electron chi connectivity index (χ1n) is 11.8. The average Bonchev–Trinajstić information content (AvgIpc) is 3.45. The molecule has 33 heavy (non-hydrogen) atoms. The van der Waals surface area contributed by atoms with E-state index in [1.165, 1.54) is 5.56 Å². The number of hydroxylamine groups is 2. The fraction of sp³-hybridized carbons (Fsp3) is 0.520. The van der Waals surface area contributed by atoms with Gasteiger partial charge in [-0.2, -0.15) is 5.10 Å². The van der Waals surface area contributed by atoms with Gasteiger partial charge in [0, 0.05) is 30.9 Å². The molecule has 0 radical (unpaired) electrons. The molecule has 8 heteroatoms. The minimum atomic E-state index is -0.0343. The number of aromatic nitrogens is 4. The molecule has 3 aromatic heterocycles. The summed E-state index contributed by atoms with van der Waals surface area (Å²) in [5.41, 5.74) is 4.09. The van der Waals surface area contributed by atoms with Crippen LogP contribution in [-0.4, -0.2) is 44.3 Å². The van der Waals surface area contributed by atoms with Crippen LogP contribution in [0, 0.1) is 25.7 Å². The number of carbonyl (C=O) groups excluding carboxylic acids is 1. The summed E-state index contributed by atoms with van der Waals surface area (Å²) < 4.78 is 7.35. The van der Waals surface area contributed by atoms with Gasteiger partial charge in [-0.3, -0.25) is 14.6 Å². The monoisotopic (exact) mass is 449 g/mol. The second kappa shape index (κ2) is 9.09. The normalized spacial score (nSPS) is 23.2. The average molecular weight is 450 g/mol. The van der Waals surface area contributed by atoms with Crippen molar-refractivity contribution in [1.82, 2.24) is 24.6 Å². The number of amides is 1. The first kappa shape index (κ1) is 21.8. The van der Waals surface area contributed by atoms with Gasteiger partial charge in [-0.05, 0) is 74.6 Å². The Morgan fingerprint density at radius 1 is 1.15 bits per heavy atom. The molecular formula is C25H31N5O3. The Balaban J connectivity index is 1.22. The predicted octanol–water partition coefficient (Wildman–Crippen LogP) is 4.00. The zero-order valence-electron chi connectivity index (χ0n) is 19.5. The fourth-order valence-electron chi connectivity index (χ4n) is 5.25. The van der Waals surface area contributed by atoms with E-state index < -0.39 is 0 Å². The lowest BCUT2D eigenvalue weighted by Crippen LogP contribution is -2.36. The standard InChI is InChI=1S/C25H31N5O3/c1-16-10-21(14-26-13-16)22-8-9-33-30(22)25(31)20-6-4-18(5-7-20)11-19-12-23(32-3)24-27-17(2)28-29(24)15-19/h10,12-15,18,20,22H,4-9,11H2,1-3H3/t18?,20?,22-/m0/s1. The Bertz CT molecular complexity index is 1150. The van der Waals surface area contributed by atoms with Crippen LogP contribution in [0.5, 0.6) is 5.75 Å². The fourth-order valence-corrected chi connectivity index (χ4v) is 5.25. The van der Waals surface area contributed by atoms with Crippen LogP contribution in [0.3, 0.4) is 0 Å². The molecule has 2 aliphatic rings. The Morgan fingerprint density at radius 3 is 2.73 bits per heavy atom. The molecule has 0 bridgehead atoms. The summed E-state index contributed by atoms with van der Waals surface area (Å²) in [5, 5.41) is 6.08. The molecule has 0 spiro atoms. The van der Waals surface area contributed by atoms with E-state index in [0.29, 0.717) is 12.5 Å². The van der Waals surface area contributed by atoms with E-state index in [4.69, 9.17) is 9.57 Å². The van der Waals surface area contributed by atoms with E-state index in [1.54, 1.807) is 12.2 Å². The van der Waals surface area contributed by atoms with E-state index >= 15 is 0 Å². The third-order valence-electron chi connectivity index (χ3n) is 6.91. The minimum Gasteiger partial charge on any atom is -0.493 e. The van der Waals surface area contributed by atoms with Gasteiger partial charge in [-0.1, -0.05) is 6.07 Å². The third kappa shape index (κ3) is 4.44. The number of fused-ring (bicyclic) bond motifs is 1. The summed E-state index contributed by atoms with van der Waals surface area (Å²) in [6, 6.07) is 4.14. The van der Waals surface area contributed by atoms with Gasteiger partial charge in [-0.15, -0.1) is 0 Å². The Morgan fingerprint density at radius 2 is 1.97 bits per heavy atom. The van der Waals surface area contributed by atoms with Gasteiger partial charge >= 0.3 is 0 Å². The molecule has 3 aromatic rings. The van der Waals surface area contributed by atoms with Crippen LogP contribution in [0.4, 0.5) is 0 Å². The molecule has 0 aromatic carbocycles. The number of nitrogens with zero attached hydrogens (tertiary/aromatic N) is 5. The Hall–Kier alpha value is -3.00. The lowest BCUT2D eigenvalue weighted by molar-refractivity contribution is -0.183. The van der Waals surface area contributed by atoms with Crippen molar-refractivity contribution in [2.45, 2.75) is 58.4 Å². The number of rotatable bonds is 5. The van der Waals surface area contributed by atoms with Gasteiger partial charge in [0.2, 0.25) is 5.91 Å². The topological polar surface area (TPSA) is 81.8 Å². The SMILES string of the molecule is COc1cc(CC2CCC(C(=O)N3OCC[C@H]3c3cncc(C)c3)CC2)cn2nc(C)nc12. The molecule has 1 aliphatic heterocycles. The van der Waals surface area contributed by atoms with E-state index in [9.17, 15) is 4.79 Å². The minimum absolute atomic E-state index is 0.0228. The van der Waals surface area contributed by atoms with Crippen LogP contribution in [0.2, 0.25) is 0 Å². The summed E-state index contributed by atoms with van der Waals surface area (Å²) in [4.78, 5) is 27.8. The van der Waals surface area contributed by atoms with Crippen molar-refractivity contribution in [3.63, 3.8) is 0 Å². The molecule has 1 saturated heterocycles. The van der Waals surface area contributed by atoms with E-state index in [1.807, 2.05) is 37.0 Å². The Kier molecular flexibility index (Phi) is 6.01. The van der Waals surface area contributed by atoms with Crippen molar-refractivity contribution in [2.75, 3.05) is 13.7 Å². The zero-order valence-corrected chi connectivity index (χ0v) is 19.5. The van der Waals surface area contributed by atoms with E-state index in [-0.39, 0.29) is 17.9 Å². The number of pyridine rings is 2. The number of hydrogen-bond donors (Lipinski definition) is 0. The molecule has 1 atom stereocenters. The van der Waals surface area contributed by atoms with Gasteiger partial charge in [0.05, 0.1) is 19.8 Å². The molecule has 8 nitrogen and oxygen atoms in total. The smallest absolute Gasteiger partial charge is 0.249 e. The van der Waals surface area contributed by atoms with E-state index in [2.05, 4.69) is 27.2 Å². The largest absolute Gasteiger partial charge is 0.493 e. The van der Waals surface area contributed by atoms with Crippen LogP contribution in [0.25, 0.3) is 5.65 Å². The molecular weight excluding hydrogens is 418 g/mol. The molecule has 1 saturated carbocycles. The highest BCUT2D eigenvalue weighted by Crippen LogP contribution is 2.37. The zero-order chi connectivity index (χ0) is 22.9. The maximum atomic E-state index is 13.3. The number of methoxy groups -OCH3 is 1. The molecule has 174 valence electrons. The highest BCUT2D eigenvalue weighted by Gasteiger charge is 2.37. The van der Waals surface area contributed by atoms with Crippen molar-refractivity contribution >= 4 is 11.6 Å². The second-order valence-corrected chi connectivity index (χ2v) is 9.36. The van der Waals surface area contributed by atoms with Gasteiger partial charge in [0.25, 0.3) is 0 Å². The molecule has 0 N–H and O–H groups in total. The Labute approximate surface area is 193 Å². The third-order valence-corrected chi connectivity index (χ3v) is 6.91. The molecule has 1 aliphatic carbocycles. The van der Waals surface area contributed by atoms with Gasteiger partial charge in [0.1, 0.15) is 5.82 Å². The van der Waals surface area contributed by atoms with Gasteiger partial charge < -0.3 is 4.74 Å². The molecule has 4 heterocycles. The van der Waals surface area contributed by atoms with Crippen molar-refractivity contribution in [2.24, 2.45) is 11.8 Å². The number of aryl methyl sites for hydroxylation is 2. The van der Waals surface area contributed by atoms with Crippen LogP contribution in [0.1, 0.15) is 60.7 Å². The summed E-state index contributed by atoms with van der Waals surface area (Å²) >= 11 is 0. The summed E-state index contributed by atoms with van der Waals surface area (Å²) in [5.74, 6) is 2.17. The summed E-state index contributed by atoms with van der Waals surface area (Å²) in [6.45, 7) is 4.48. The lowest BCUT2D eigenvalue weighted by atomic mass is 9.79. The molecule has 1 amide bonds. The molecule has 0 unspecified atom stereocenters. The number of ether oxygens (including phenoxy) is 1. The maximum Gasteiger partial charge on any atom is 0.249 e. The van der Waals surface area contributed by atoms with Crippen LogP contribution in [0.15, 0.2) is 30.7 Å². The summed E-state index contributed by atoms with van der Waals surface area (Å²) in [7, 11) is 1.67. The first-order valence-corrected chi connectivity index (χ1v) is 11.8. The van der Waals surface area contributed by atoms with Crippen LogP contribution in [-0.2, 0) is 16.1 Å². The lowest BCUT2D eigenvalue weighted by Gasteiger charge is -2.32. The summed E-state index contributed by atoms with van der Waals surface area (Å²) in [6.07, 6.45) is 11.3.